The molecule has 0 saturated heterocycles. The summed E-state index contributed by atoms with van der Waals surface area (Å²) in [6, 6.07) is 0.541. The summed E-state index contributed by atoms with van der Waals surface area (Å²) in [6.07, 6.45) is 10.5. The number of hydrogen-bond donors (Lipinski definition) is 3. The molecule has 0 amide bonds. The Morgan fingerprint density at radius 2 is 1.91 bits per heavy atom. The van der Waals surface area contributed by atoms with Crippen LogP contribution in [0.4, 0.5) is 0 Å². The molecule has 0 radical (unpaired) electrons. The van der Waals surface area contributed by atoms with Crippen molar-refractivity contribution in [3.05, 3.63) is 0 Å². The van der Waals surface area contributed by atoms with Crippen LogP contribution in [0, 0.1) is 5.92 Å². The van der Waals surface area contributed by atoms with Crippen molar-refractivity contribution in [1.29, 1.82) is 0 Å². The Bertz CT molecular complexity index is 343. The lowest BCUT2D eigenvalue weighted by atomic mass is 9.84. The van der Waals surface area contributed by atoms with Crippen LogP contribution in [0.15, 0.2) is 4.99 Å². The minimum atomic E-state index is -0.555. The van der Waals surface area contributed by atoms with E-state index in [9.17, 15) is 5.11 Å². The third-order valence-corrected chi connectivity index (χ3v) is 5.11. The molecule has 22 heavy (non-hydrogen) atoms. The van der Waals surface area contributed by atoms with E-state index in [0.29, 0.717) is 12.6 Å². The van der Waals surface area contributed by atoms with Gasteiger partial charge in [0.1, 0.15) is 0 Å². The highest BCUT2D eigenvalue weighted by molar-refractivity contribution is 14.0. The molecule has 2 atom stereocenters. The first-order valence-corrected chi connectivity index (χ1v) is 8.92. The second-order valence-electron chi connectivity index (χ2n) is 6.91. The van der Waals surface area contributed by atoms with Crippen molar-refractivity contribution < 1.29 is 5.11 Å². The predicted octanol–water partition coefficient (Wildman–Crippen LogP) is 3.43. The van der Waals surface area contributed by atoms with Crippen molar-refractivity contribution in [1.82, 2.24) is 10.6 Å². The number of aliphatic hydroxyl groups is 1. The predicted molar refractivity (Wildman–Crippen MR) is 104 cm³/mol. The lowest BCUT2D eigenvalue weighted by Crippen LogP contribution is -2.46. The molecule has 0 aromatic rings. The summed E-state index contributed by atoms with van der Waals surface area (Å²) in [7, 11) is 0. The monoisotopic (exact) mass is 423 g/mol. The molecule has 2 aliphatic carbocycles. The highest BCUT2D eigenvalue weighted by atomic mass is 127. The quantitative estimate of drug-likeness (QED) is 0.361. The summed E-state index contributed by atoms with van der Waals surface area (Å²) in [6.45, 7) is 5.79. The molecule has 2 saturated carbocycles. The summed E-state index contributed by atoms with van der Waals surface area (Å²) >= 11 is 0. The fraction of sp³-hybridized carbons (Fsp3) is 0.941. The smallest absolute Gasteiger partial charge is 0.191 e. The zero-order valence-corrected chi connectivity index (χ0v) is 16.6. The van der Waals surface area contributed by atoms with Gasteiger partial charge in [0.15, 0.2) is 5.96 Å². The maximum Gasteiger partial charge on any atom is 0.191 e. The van der Waals surface area contributed by atoms with Crippen LogP contribution in [0.3, 0.4) is 0 Å². The SMILES string of the molecule is CCNC(=NCC1(O)CCCC1)NC1CCCC(CC)C1.I. The van der Waals surface area contributed by atoms with Gasteiger partial charge in [0.05, 0.1) is 12.1 Å². The zero-order valence-electron chi connectivity index (χ0n) is 14.2. The van der Waals surface area contributed by atoms with Crippen LogP contribution in [0.1, 0.15) is 71.6 Å². The van der Waals surface area contributed by atoms with Crippen molar-refractivity contribution in [2.75, 3.05) is 13.1 Å². The number of nitrogens with one attached hydrogen (secondary N) is 2. The molecule has 0 spiro atoms. The number of hydrogen-bond acceptors (Lipinski definition) is 2. The average molecular weight is 423 g/mol. The third kappa shape index (κ3) is 6.22. The summed E-state index contributed by atoms with van der Waals surface area (Å²) in [5.41, 5.74) is -0.555. The zero-order chi connectivity index (χ0) is 15.1. The molecule has 130 valence electrons. The highest BCUT2D eigenvalue weighted by Gasteiger charge is 2.31. The normalized spacial score (nSPS) is 28.0. The topological polar surface area (TPSA) is 56.7 Å². The summed E-state index contributed by atoms with van der Waals surface area (Å²) < 4.78 is 0. The van der Waals surface area contributed by atoms with Gasteiger partial charge in [0.25, 0.3) is 0 Å². The Morgan fingerprint density at radius 1 is 1.18 bits per heavy atom. The van der Waals surface area contributed by atoms with E-state index >= 15 is 0 Å². The van der Waals surface area contributed by atoms with Gasteiger partial charge in [-0.1, -0.05) is 39.0 Å². The van der Waals surface area contributed by atoms with E-state index in [1.165, 1.54) is 32.1 Å². The lowest BCUT2D eigenvalue weighted by Gasteiger charge is -2.30. The standard InChI is InChI=1S/C17H33N3O.HI/c1-3-14-8-7-9-15(12-14)20-16(18-4-2)19-13-17(21)10-5-6-11-17;/h14-15,21H,3-13H2,1-2H3,(H2,18,19,20);1H. The van der Waals surface area contributed by atoms with Gasteiger partial charge in [-0.15, -0.1) is 24.0 Å². The van der Waals surface area contributed by atoms with Gasteiger partial charge in [-0.3, -0.25) is 4.99 Å². The molecule has 2 unspecified atom stereocenters. The molecule has 3 N–H and O–H groups in total. The number of rotatable bonds is 5. The first-order valence-electron chi connectivity index (χ1n) is 8.92. The van der Waals surface area contributed by atoms with Crippen LogP contribution in [0.5, 0.6) is 0 Å². The molecule has 0 aliphatic heterocycles. The van der Waals surface area contributed by atoms with Gasteiger partial charge in [-0.05, 0) is 38.5 Å². The number of nitrogens with zero attached hydrogens (tertiary/aromatic N) is 1. The Hall–Kier alpha value is -0.0400. The summed E-state index contributed by atoms with van der Waals surface area (Å²) in [4.78, 5) is 4.66. The fourth-order valence-corrected chi connectivity index (χ4v) is 3.72. The highest BCUT2D eigenvalue weighted by Crippen LogP contribution is 2.29. The van der Waals surface area contributed by atoms with Crippen LogP contribution in [0.2, 0.25) is 0 Å². The Labute approximate surface area is 152 Å². The molecule has 0 bridgehead atoms. The van der Waals surface area contributed by atoms with Gasteiger partial charge in [0.2, 0.25) is 0 Å². The summed E-state index contributed by atoms with van der Waals surface area (Å²) in [5.74, 6) is 1.75. The van der Waals surface area contributed by atoms with E-state index in [1.807, 2.05) is 0 Å². The van der Waals surface area contributed by atoms with Crippen molar-refractivity contribution in [2.45, 2.75) is 83.3 Å². The first-order chi connectivity index (χ1) is 10.1. The second-order valence-corrected chi connectivity index (χ2v) is 6.91. The van der Waals surface area contributed by atoms with Crippen molar-refractivity contribution in [2.24, 2.45) is 10.9 Å². The Balaban J connectivity index is 0.00000242. The molecule has 4 nitrogen and oxygen atoms in total. The molecular weight excluding hydrogens is 389 g/mol. The lowest BCUT2D eigenvalue weighted by molar-refractivity contribution is 0.0574. The number of halogens is 1. The van der Waals surface area contributed by atoms with Crippen molar-refractivity contribution in [3.63, 3.8) is 0 Å². The molecule has 0 heterocycles. The van der Waals surface area contributed by atoms with E-state index in [1.54, 1.807) is 0 Å². The number of aliphatic imine (C=N–C) groups is 1. The molecule has 2 rings (SSSR count). The van der Waals surface area contributed by atoms with Gasteiger partial charge >= 0.3 is 0 Å². The van der Waals surface area contributed by atoms with E-state index in [0.717, 1.165) is 44.1 Å². The fourth-order valence-electron chi connectivity index (χ4n) is 3.72. The Morgan fingerprint density at radius 3 is 2.55 bits per heavy atom. The molecule has 2 aliphatic rings. The Kier molecular flexibility index (Phi) is 9.05. The largest absolute Gasteiger partial charge is 0.388 e. The van der Waals surface area contributed by atoms with Crippen LogP contribution in [-0.2, 0) is 0 Å². The molecular formula is C17H34IN3O. The number of guanidine groups is 1. The van der Waals surface area contributed by atoms with Crippen LogP contribution in [0.25, 0.3) is 0 Å². The third-order valence-electron chi connectivity index (χ3n) is 5.11. The molecule has 2 fully saturated rings. The van der Waals surface area contributed by atoms with Crippen molar-refractivity contribution >= 4 is 29.9 Å². The van der Waals surface area contributed by atoms with Crippen molar-refractivity contribution in [3.8, 4) is 0 Å². The molecule has 0 aromatic carbocycles. The second kappa shape index (κ2) is 9.96. The molecule has 5 heteroatoms. The van der Waals surface area contributed by atoms with E-state index < -0.39 is 5.60 Å². The van der Waals surface area contributed by atoms with Gasteiger partial charge in [0, 0.05) is 12.6 Å². The van der Waals surface area contributed by atoms with E-state index in [-0.39, 0.29) is 24.0 Å². The van der Waals surface area contributed by atoms with E-state index in [2.05, 4.69) is 29.5 Å². The first kappa shape index (κ1) is 20.0. The summed E-state index contributed by atoms with van der Waals surface area (Å²) in [5, 5.41) is 17.4. The average Bonchev–Trinajstić information content (AvgIpc) is 2.93. The van der Waals surface area contributed by atoms with Crippen LogP contribution in [-0.4, -0.2) is 35.8 Å². The van der Waals surface area contributed by atoms with Gasteiger partial charge in [-0.25, -0.2) is 0 Å². The van der Waals surface area contributed by atoms with Crippen LogP contribution >= 0.6 is 24.0 Å². The maximum atomic E-state index is 10.4. The van der Waals surface area contributed by atoms with Gasteiger partial charge < -0.3 is 15.7 Å². The minimum Gasteiger partial charge on any atom is -0.388 e. The van der Waals surface area contributed by atoms with Crippen LogP contribution < -0.4 is 10.6 Å². The van der Waals surface area contributed by atoms with Gasteiger partial charge in [-0.2, -0.15) is 0 Å². The minimum absolute atomic E-state index is 0. The molecule has 0 aromatic heterocycles. The maximum absolute atomic E-state index is 10.4. The van der Waals surface area contributed by atoms with E-state index in [4.69, 9.17) is 0 Å².